The Morgan fingerprint density at radius 2 is 1.79 bits per heavy atom. The van der Waals surface area contributed by atoms with E-state index < -0.39 is 15.9 Å². The topological polar surface area (TPSA) is 75.7 Å². The van der Waals surface area contributed by atoms with E-state index in [9.17, 15) is 13.2 Å². The lowest BCUT2D eigenvalue weighted by Gasteiger charge is -2.22. The number of rotatable bonds is 8. The van der Waals surface area contributed by atoms with Crippen molar-refractivity contribution in [3.63, 3.8) is 0 Å². The number of halogens is 1. The number of anilines is 1. The molecule has 3 rings (SSSR count). The third-order valence-corrected chi connectivity index (χ3v) is 5.85. The largest absolute Gasteiger partial charge is 0.491 e. The number of amides is 1. The first-order valence-electron chi connectivity index (χ1n) is 8.95. The summed E-state index contributed by atoms with van der Waals surface area (Å²) in [5.41, 5.74) is 0.420. The Morgan fingerprint density at radius 1 is 1.07 bits per heavy atom. The summed E-state index contributed by atoms with van der Waals surface area (Å²) in [5, 5.41) is 4.78. The first-order valence-corrected chi connectivity index (χ1v) is 11.6. The number of nitrogens with one attached hydrogen (secondary N) is 1. The average Bonchev–Trinajstić information content (AvgIpc) is 2.68. The minimum atomic E-state index is -3.61. The fourth-order valence-electron chi connectivity index (χ4n) is 2.89. The zero-order valence-corrected chi connectivity index (χ0v) is 18.2. The Hall–Kier alpha value is -2.58. The molecule has 1 N–H and O–H groups in total. The molecule has 0 radical (unpaired) electrons. The van der Waals surface area contributed by atoms with Gasteiger partial charge in [0, 0.05) is 9.86 Å². The Balaban J connectivity index is 1.57. The van der Waals surface area contributed by atoms with E-state index in [1.165, 1.54) is 0 Å². The molecule has 6 nitrogen and oxygen atoms in total. The van der Waals surface area contributed by atoms with Crippen LogP contribution in [0.3, 0.4) is 0 Å². The van der Waals surface area contributed by atoms with Crippen LogP contribution in [-0.4, -0.2) is 40.3 Å². The smallest absolute Gasteiger partial charge is 0.240 e. The van der Waals surface area contributed by atoms with E-state index in [1.54, 1.807) is 24.3 Å². The van der Waals surface area contributed by atoms with Gasteiger partial charge in [-0.05, 0) is 29.7 Å². The van der Waals surface area contributed by atoms with Gasteiger partial charge < -0.3 is 10.1 Å². The van der Waals surface area contributed by atoms with Crippen molar-refractivity contribution in [2.75, 3.05) is 30.3 Å². The van der Waals surface area contributed by atoms with Crippen molar-refractivity contribution in [3.05, 3.63) is 71.2 Å². The zero-order chi connectivity index (χ0) is 20.9. The van der Waals surface area contributed by atoms with Gasteiger partial charge in [0.1, 0.15) is 18.9 Å². The van der Waals surface area contributed by atoms with Crippen LogP contribution in [0.2, 0.25) is 0 Å². The molecule has 0 aliphatic heterocycles. The summed E-state index contributed by atoms with van der Waals surface area (Å²) >= 11 is 3.32. The predicted molar refractivity (Wildman–Crippen MR) is 119 cm³/mol. The van der Waals surface area contributed by atoms with Crippen molar-refractivity contribution in [1.82, 2.24) is 5.32 Å². The molecule has 0 fully saturated rings. The summed E-state index contributed by atoms with van der Waals surface area (Å²) in [4.78, 5) is 12.3. The maximum atomic E-state index is 12.3. The van der Waals surface area contributed by atoms with Gasteiger partial charge in [-0.2, -0.15) is 0 Å². The molecule has 8 heteroatoms. The molecule has 3 aromatic rings. The van der Waals surface area contributed by atoms with Crippen LogP contribution < -0.4 is 14.4 Å². The summed E-state index contributed by atoms with van der Waals surface area (Å²) in [6.45, 7) is 0.233. The first-order chi connectivity index (χ1) is 13.8. The number of fused-ring (bicyclic) bond motifs is 1. The molecule has 0 saturated carbocycles. The Labute approximate surface area is 178 Å². The Kier molecular flexibility index (Phi) is 6.76. The predicted octanol–water partition coefficient (Wildman–Crippen LogP) is 3.56. The minimum absolute atomic E-state index is 0.262. The van der Waals surface area contributed by atoms with E-state index in [0.717, 1.165) is 31.6 Å². The van der Waals surface area contributed by atoms with Crippen molar-refractivity contribution in [1.29, 1.82) is 0 Å². The van der Waals surface area contributed by atoms with Gasteiger partial charge in [-0.25, -0.2) is 8.42 Å². The number of nitrogens with zero attached hydrogens (tertiary/aromatic N) is 1. The maximum absolute atomic E-state index is 12.3. The highest BCUT2D eigenvalue weighted by molar-refractivity contribution is 9.10. The quantitative estimate of drug-likeness (QED) is 0.504. The van der Waals surface area contributed by atoms with E-state index >= 15 is 0 Å². The summed E-state index contributed by atoms with van der Waals surface area (Å²) in [6, 6.07) is 20.5. The van der Waals surface area contributed by atoms with Crippen LogP contribution in [0.4, 0.5) is 5.69 Å². The van der Waals surface area contributed by atoms with Crippen LogP contribution in [-0.2, 0) is 14.8 Å². The molecule has 0 bridgehead atoms. The van der Waals surface area contributed by atoms with Gasteiger partial charge in [0.2, 0.25) is 15.9 Å². The minimum Gasteiger partial charge on any atom is -0.491 e. The molecule has 0 unspecified atom stereocenters. The van der Waals surface area contributed by atoms with Gasteiger partial charge >= 0.3 is 0 Å². The van der Waals surface area contributed by atoms with E-state index in [4.69, 9.17) is 4.74 Å². The van der Waals surface area contributed by atoms with Crippen molar-refractivity contribution in [2.24, 2.45) is 0 Å². The van der Waals surface area contributed by atoms with Crippen molar-refractivity contribution in [3.8, 4) is 5.75 Å². The van der Waals surface area contributed by atoms with Crippen LogP contribution in [0, 0.1) is 0 Å². The highest BCUT2D eigenvalue weighted by Crippen LogP contribution is 2.25. The second-order valence-electron chi connectivity index (χ2n) is 6.43. The van der Waals surface area contributed by atoms with Crippen LogP contribution >= 0.6 is 15.9 Å². The van der Waals surface area contributed by atoms with Gasteiger partial charge in [0.15, 0.2) is 0 Å². The normalized spacial score (nSPS) is 11.2. The van der Waals surface area contributed by atoms with Gasteiger partial charge in [-0.1, -0.05) is 58.4 Å². The fraction of sp³-hybridized carbons (Fsp3) is 0.190. The molecular formula is C21H21BrN2O4S. The molecule has 0 spiro atoms. The lowest BCUT2D eigenvalue weighted by Crippen LogP contribution is -2.41. The molecule has 3 aromatic carbocycles. The van der Waals surface area contributed by atoms with E-state index in [-0.39, 0.29) is 19.7 Å². The van der Waals surface area contributed by atoms with Gasteiger partial charge in [0.25, 0.3) is 0 Å². The number of carbonyl (C=O) groups excluding carboxylic acids is 1. The first kappa shape index (κ1) is 21.1. The van der Waals surface area contributed by atoms with E-state index in [2.05, 4.69) is 21.2 Å². The number of sulfonamides is 1. The molecular weight excluding hydrogens is 456 g/mol. The molecule has 152 valence electrons. The summed E-state index contributed by atoms with van der Waals surface area (Å²) < 4.78 is 31.8. The fourth-order valence-corrected chi connectivity index (χ4v) is 4.13. The number of carbonyl (C=O) groups is 1. The zero-order valence-electron chi connectivity index (χ0n) is 15.8. The molecule has 0 aliphatic rings. The molecule has 1 amide bonds. The number of benzene rings is 3. The summed E-state index contributed by atoms with van der Waals surface area (Å²) in [5.74, 6) is 0.334. The monoisotopic (exact) mass is 476 g/mol. The summed E-state index contributed by atoms with van der Waals surface area (Å²) in [7, 11) is -3.61. The molecule has 0 heterocycles. The summed E-state index contributed by atoms with van der Waals surface area (Å²) in [6.07, 6.45) is 1.07. The SMILES string of the molecule is CS(=O)(=O)N(CC(=O)NCCOc1cccc2ccccc12)c1cccc(Br)c1. The number of hydrogen-bond acceptors (Lipinski definition) is 4. The van der Waals surface area contributed by atoms with E-state index in [1.807, 2.05) is 42.5 Å². The van der Waals surface area contributed by atoms with Gasteiger partial charge in [-0.3, -0.25) is 9.10 Å². The van der Waals surface area contributed by atoms with Gasteiger partial charge in [0.05, 0.1) is 18.5 Å². The highest BCUT2D eigenvalue weighted by Gasteiger charge is 2.20. The van der Waals surface area contributed by atoms with Crippen LogP contribution in [0.5, 0.6) is 5.75 Å². The molecule has 0 saturated heterocycles. The molecule has 29 heavy (non-hydrogen) atoms. The maximum Gasteiger partial charge on any atom is 0.240 e. The van der Waals surface area contributed by atoms with Crippen LogP contribution in [0.15, 0.2) is 71.2 Å². The Bertz CT molecular complexity index is 1110. The lowest BCUT2D eigenvalue weighted by molar-refractivity contribution is -0.119. The average molecular weight is 477 g/mol. The molecule has 0 aliphatic carbocycles. The third-order valence-electron chi connectivity index (χ3n) is 4.22. The lowest BCUT2D eigenvalue weighted by atomic mass is 10.1. The van der Waals surface area contributed by atoms with Gasteiger partial charge in [-0.15, -0.1) is 0 Å². The number of ether oxygens (including phenoxy) is 1. The van der Waals surface area contributed by atoms with Crippen molar-refractivity contribution >= 4 is 48.3 Å². The number of hydrogen-bond donors (Lipinski definition) is 1. The second-order valence-corrected chi connectivity index (χ2v) is 9.25. The Morgan fingerprint density at radius 3 is 2.55 bits per heavy atom. The van der Waals surface area contributed by atoms with Crippen LogP contribution in [0.1, 0.15) is 0 Å². The highest BCUT2D eigenvalue weighted by atomic mass is 79.9. The second kappa shape index (κ2) is 9.28. The van der Waals surface area contributed by atoms with Crippen molar-refractivity contribution < 1.29 is 17.9 Å². The van der Waals surface area contributed by atoms with E-state index in [0.29, 0.717) is 5.69 Å². The molecule has 0 atom stereocenters. The standard InChI is InChI=1S/C21H21BrN2O4S/c1-29(26,27)24(18-9-5-8-17(22)14-18)15-21(25)23-12-13-28-20-11-4-7-16-6-2-3-10-19(16)20/h2-11,14H,12-13,15H2,1H3,(H,23,25). The van der Waals surface area contributed by atoms with Crippen LogP contribution in [0.25, 0.3) is 10.8 Å². The van der Waals surface area contributed by atoms with Crippen molar-refractivity contribution in [2.45, 2.75) is 0 Å². The molecule has 0 aromatic heterocycles. The third kappa shape index (κ3) is 5.71.